The smallest absolute Gasteiger partial charge is 0.311 e. The third-order valence-electron chi connectivity index (χ3n) is 1.65. The van der Waals surface area contributed by atoms with Crippen LogP contribution in [-0.4, -0.2) is 20.5 Å². The van der Waals surface area contributed by atoms with Crippen molar-refractivity contribution in [2.75, 3.05) is 6.26 Å². The SMILES string of the molecule is CS(=O)Cc1cccc([N+](=O)[O-])c1O. The molecule has 1 aromatic rings. The van der Waals surface area contributed by atoms with Gasteiger partial charge in [0.1, 0.15) is 0 Å². The molecular formula is C8H9NO4S. The summed E-state index contributed by atoms with van der Waals surface area (Å²) in [6.45, 7) is 0. The fraction of sp³-hybridized carbons (Fsp3) is 0.250. The molecule has 0 spiro atoms. The average molecular weight is 215 g/mol. The number of rotatable bonds is 3. The van der Waals surface area contributed by atoms with E-state index in [1.54, 1.807) is 0 Å². The maximum absolute atomic E-state index is 10.9. The minimum atomic E-state index is -1.13. The maximum Gasteiger partial charge on any atom is 0.311 e. The van der Waals surface area contributed by atoms with Gasteiger partial charge < -0.3 is 5.11 Å². The highest BCUT2D eigenvalue weighted by Gasteiger charge is 2.16. The number of nitrogens with zero attached hydrogens (tertiary/aromatic N) is 1. The van der Waals surface area contributed by atoms with Gasteiger partial charge in [0.25, 0.3) is 0 Å². The van der Waals surface area contributed by atoms with Gasteiger partial charge in [-0.3, -0.25) is 14.3 Å². The molecule has 1 atom stereocenters. The second-order valence-electron chi connectivity index (χ2n) is 2.76. The lowest BCUT2D eigenvalue weighted by Gasteiger charge is -2.02. The van der Waals surface area contributed by atoms with Gasteiger partial charge in [-0.1, -0.05) is 12.1 Å². The van der Waals surface area contributed by atoms with Crippen molar-refractivity contribution >= 4 is 16.5 Å². The minimum Gasteiger partial charge on any atom is -0.502 e. The molecule has 6 heteroatoms. The Balaban J connectivity index is 3.13. The van der Waals surface area contributed by atoms with E-state index in [4.69, 9.17) is 0 Å². The fourth-order valence-electron chi connectivity index (χ4n) is 1.06. The molecule has 0 fully saturated rings. The Morgan fingerprint density at radius 2 is 2.21 bits per heavy atom. The predicted molar refractivity (Wildman–Crippen MR) is 52.5 cm³/mol. The van der Waals surface area contributed by atoms with E-state index in [0.717, 1.165) is 0 Å². The van der Waals surface area contributed by atoms with Gasteiger partial charge in [0, 0.05) is 28.7 Å². The molecule has 76 valence electrons. The van der Waals surface area contributed by atoms with E-state index in [9.17, 15) is 19.4 Å². The average Bonchev–Trinajstić information content (AvgIpc) is 2.07. The highest BCUT2D eigenvalue weighted by molar-refractivity contribution is 7.83. The normalized spacial score (nSPS) is 12.4. The molecule has 0 saturated heterocycles. The number of nitro groups is 1. The lowest BCUT2D eigenvalue weighted by Crippen LogP contribution is -1.95. The topological polar surface area (TPSA) is 80.4 Å². The summed E-state index contributed by atoms with van der Waals surface area (Å²) >= 11 is 0. The molecular weight excluding hydrogens is 206 g/mol. The summed E-state index contributed by atoms with van der Waals surface area (Å²) in [4.78, 5) is 9.76. The molecule has 0 aromatic heterocycles. The Bertz CT molecular complexity index is 391. The Morgan fingerprint density at radius 3 is 2.71 bits per heavy atom. The zero-order chi connectivity index (χ0) is 10.7. The first-order chi connectivity index (χ1) is 6.52. The zero-order valence-corrected chi connectivity index (χ0v) is 8.28. The van der Waals surface area contributed by atoms with Gasteiger partial charge in [0.15, 0.2) is 5.75 Å². The summed E-state index contributed by atoms with van der Waals surface area (Å²) < 4.78 is 10.9. The number of benzene rings is 1. The summed E-state index contributed by atoms with van der Waals surface area (Å²) in [6.07, 6.45) is 1.47. The van der Waals surface area contributed by atoms with Crippen LogP contribution in [0.15, 0.2) is 18.2 Å². The number of para-hydroxylation sites is 1. The first kappa shape index (κ1) is 10.6. The van der Waals surface area contributed by atoms with E-state index in [-0.39, 0.29) is 11.4 Å². The van der Waals surface area contributed by atoms with Gasteiger partial charge in [0.2, 0.25) is 0 Å². The van der Waals surface area contributed by atoms with Crippen LogP contribution in [0.5, 0.6) is 5.75 Å². The van der Waals surface area contributed by atoms with Crippen LogP contribution in [0.3, 0.4) is 0 Å². The molecule has 5 nitrogen and oxygen atoms in total. The van der Waals surface area contributed by atoms with Crippen LogP contribution in [0.25, 0.3) is 0 Å². The molecule has 1 rings (SSSR count). The van der Waals surface area contributed by atoms with Crippen LogP contribution >= 0.6 is 0 Å². The van der Waals surface area contributed by atoms with Crippen LogP contribution in [0.2, 0.25) is 0 Å². The number of hydrogen-bond acceptors (Lipinski definition) is 4. The van der Waals surface area contributed by atoms with Gasteiger partial charge in [-0.05, 0) is 0 Å². The molecule has 1 aromatic carbocycles. The van der Waals surface area contributed by atoms with E-state index < -0.39 is 21.5 Å². The van der Waals surface area contributed by atoms with Crippen molar-refractivity contribution in [1.82, 2.24) is 0 Å². The van der Waals surface area contributed by atoms with Crippen molar-refractivity contribution < 1.29 is 14.2 Å². The third-order valence-corrected chi connectivity index (χ3v) is 2.37. The number of phenolic OH excluding ortho intramolecular Hbond substituents is 1. The van der Waals surface area contributed by atoms with Crippen molar-refractivity contribution in [2.45, 2.75) is 5.75 Å². The van der Waals surface area contributed by atoms with Crippen LogP contribution in [0, 0.1) is 10.1 Å². The first-order valence-corrected chi connectivity index (χ1v) is 5.50. The van der Waals surface area contributed by atoms with Crippen LogP contribution in [0.4, 0.5) is 5.69 Å². The number of aromatic hydroxyl groups is 1. The van der Waals surface area contributed by atoms with E-state index in [1.807, 2.05) is 0 Å². The largest absolute Gasteiger partial charge is 0.502 e. The number of phenols is 1. The van der Waals surface area contributed by atoms with Gasteiger partial charge in [-0.2, -0.15) is 0 Å². The lowest BCUT2D eigenvalue weighted by atomic mass is 10.2. The van der Waals surface area contributed by atoms with E-state index in [2.05, 4.69) is 0 Å². The molecule has 1 unspecified atom stereocenters. The molecule has 0 aliphatic rings. The van der Waals surface area contributed by atoms with Crippen LogP contribution < -0.4 is 0 Å². The molecule has 0 bridgehead atoms. The van der Waals surface area contributed by atoms with Crippen molar-refractivity contribution in [3.05, 3.63) is 33.9 Å². The summed E-state index contributed by atoms with van der Waals surface area (Å²) in [5.74, 6) is -0.277. The Labute approximate surface area is 83.0 Å². The molecule has 1 N–H and O–H groups in total. The summed E-state index contributed by atoms with van der Waals surface area (Å²) in [6, 6.07) is 4.18. The van der Waals surface area contributed by atoms with Crippen molar-refractivity contribution in [2.24, 2.45) is 0 Å². The predicted octanol–water partition coefficient (Wildman–Crippen LogP) is 1.18. The van der Waals surface area contributed by atoms with Gasteiger partial charge in [-0.15, -0.1) is 0 Å². The highest BCUT2D eigenvalue weighted by atomic mass is 32.2. The molecule has 0 heterocycles. The van der Waals surface area contributed by atoms with E-state index >= 15 is 0 Å². The Morgan fingerprint density at radius 1 is 1.57 bits per heavy atom. The molecule has 0 amide bonds. The van der Waals surface area contributed by atoms with Crippen molar-refractivity contribution in [3.8, 4) is 5.75 Å². The molecule has 0 radical (unpaired) electrons. The first-order valence-electron chi connectivity index (χ1n) is 3.77. The molecule has 0 saturated carbocycles. The van der Waals surface area contributed by atoms with Gasteiger partial charge in [0.05, 0.1) is 10.7 Å². The third kappa shape index (κ3) is 2.29. The van der Waals surface area contributed by atoms with Gasteiger partial charge in [-0.25, -0.2) is 0 Å². The lowest BCUT2D eigenvalue weighted by molar-refractivity contribution is -0.385. The Hall–Kier alpha value is -1.43. The molecule has 14 heavy (non-hydrogen) atoms. The Kier molecular flexibility index (Phi) is 3.19. The molecule has 0 aliphatic heterocycles. The second-order valence-corrected chi connectivity index (χ2v) is 4.19. The maximum atomic E-state index is 10.9. The van der Waals surface area contributed by atoms with Crippen LogP contribution in [0.1, 0.15) is 5.56 Å². The van der Waals surface area contributed by atoms with Crippen molar-refractivity contribution in [1.29, 1.82) is 0 Å². The number of nitro benzene ring substituents is 1. The standard InChI is InChI=1S/C8H9NO4S/c1-14(13)5-6-3-2-4-7(8(6)10)9(11)12/h2-4,10H,5H2,1H3. The summed E-state index contributed by atoms with van der Waals surface area (Å²) in [5.41, 5.74) is -0.0204. The molecule has 0 aliphatic carbocycles. The zero-order valence-electron chi connectivity index (χ0n) is 7.47. The monoisotopic (exact) mass is 215 g/mol. The quantitative estimate of drug-likeness (QED) is 0.606. The second kappa shape index (κ2) is 4.19. The fourth-order valence-corrected chi connectivity index (χ4v) is 1.73. The van der Waals surface area contributed by atoms with Crippen LogP contribution in [-0.2, 0) is 16.6 Å². The number of hydrogen-bond donors (Lipinski definition) is 1. The van der Waals surface area contributed by atoms with Gasteiger partial charge >= 0.3 is 5.69 Å². The van der Waals surface area contributed by atoms with Crippen molar-refractivity contribution in [3.63, 3.8) is 0 Å². The highest BCUT2D eigenvalue weighted by Crippen LogP contribution is 2.29. The summed E-state index contributed by atoms with van der Waals surface area (Å²) in [5, 5.41) is 19.9. The van der Waals surface area contributed by atoms with E-state index in [0.29, 0.717) is 5.56 Å². The summed E-state index contributed by atoms with van der Waals surface area (Å²) in [7, 11) is -1.13. The van der Waals surface area contributed by atoms with E-state index in [1.165, 1.54) is 24.5 Å². The minimum absolute atomic E-state index is 0.119.